The van der Waals surface area contributed by atoms with Crippen LogP contribution in [0.2, 0.25) is 0 Å². The lowest BCUT2D eigenvalue weighted by Crippen LogP contribution is -2.59. The zero-order valence-electron chi connectivity index (χ0n) is 18.0. The first-order valence-electron chi connectivity index (χ1n) is 11.5. The largest absolute Gasteiger partial charge is 0.454 e. The molecule has 0 aromatic heterocycles. The number of hydrogen-bond donors (Lipinski definition) is 0. The number of benzene rings is 1. The van der Waals surface area contributed by atoms with E-state index in [0.29, 0.717) is 62.4 Å². The van der Waals surface area contributed by atoms with E-state index in [1.165, 1.54) is 12.8 Å². The van der Waals surface area contributed by atoms with Crippen molar-refractivity contribution in [3.63, 3.8) is 0 Å². The number of piperazine rings is 1. The van der Waals surface area contributed by atoms with Gasteiger partial charge in [-0.2, -0.15) is 0 Å². The maximum absolute atomic E-state index is 13.5. The quantitative estimate of drug-likeness (QED) is 0.724. The summed E-state index contributed by atoms with van der Waals surface area (Å²) in [6, 6.07) is 5.29. The number of hydrogen-bond acceptors (Lipinski definition) is 6. The van der Waals surface area contributed by atoms with Crippen LogP contribution in [0.4, 0.5) is 0 Å². The summed E-state index contributed by atoms with van der Waals surface area (Å²) >= 11 is 0. The molecule has 1 unspecified atom stereocenters. The third kappa shape index (κ3) is 4.23. The molecule has 8 nitrogen and oxygen atoms in total. The van der Waals surface area contributed by atoms with Crippen LogP contribution in [-0.4, -0.2) is 91.8 Å². The maximum Gasteiger partial charge on any atom is 0.254 e. The maximum atomic E-state index is 13.5. The minimum atomic E-state index is -0.0663. The summed E-state index contributed by atoms with van der Waals surface area (Å²) in [4.78, 5) is 32.7. The van der Waals surface area contributed by atoms with Gasteiger partial charge in [-0.15, -0.1) is 0 Å². The zero-order valence-corrected chi connectivity index (χ0v) is 18.0. The number of fused-ring (bicyclic) bond motifs is 1. The Hall–Kier alpha value is -2.32. The standard InChI is InChI=1S/C23H31N3O5/c27-22(18-5-6-19-20(15-18)31-16-30-19)25-9-7-24(8-10-25)21(17-3-1-2-4-17)23(28)26-11-13-29-14-12-26/h5-6,15,17,21H,1-4,7-14,16H2. The van der Waals surface area contributed by atoms with Gasteiger partial charge in [0.1, 0.15) is 0 Å². The Balaban J connectivity index is 1.24. The predicted molar refractivity (Wildman–Crippen MR) is 113 cm³/mol. The number of carbonyl (C=O) groups excluding carboxylic acids is 2. The lowest BCUT2D eigenvalue weighted by Gasteiger charge is -2.43. The van der Waals surface area contributed by atoms with Crippen LogP contribution in [0.15, 0.2) is 18.2 Å². The molecule has 3 fully saturated rings. The Kier molecular flexibility index (Phi) is 6.00. The molecule has 1 aliphatic carbocycles. The van der Waals surface area contributed by atoms with Gasteiger partial charge in [-0.3, -0.25) is 14.5 Å². The van der Waals surface area contributed by atoms with Gasteiger partial charge in [0.15, 0.2) is 11.5 Å². The molecule has 168 valence electrons. The summed E-state index contributed by atoms with van der Waals surface area (Å²) < 4.78 is 16.2. The van der Waals surface area contributed by atoms with E-state index in [1.54, 1.807) is 18.2 Å². The second-order valence-corrected chi connectivity index (χ2v) is 8.82. The second kappa shape index (κ2) is 9.04. The molecule has 3 aliphatic heterocycles. The highest BCUT2D eigenvalue weighted by Crippen LogP contribution is 2.34. The summed E-state index contributed by atoms with van der Waals surface area (Å²) in [5, 5.41) is 0. The first-order chi connectivity index (χ1) is 15.2. The molecule has 5 rings (SSSR count). The highest BCUT2D eigenvalue weighted by atomic mass is 16.7. The van der Waals surface area contributed by atoms with Crippen LogP contribution in [0.5, 0.6) is 11.5 Å². The molecule has 3 heterocycles. The van der Waals surface area contributed by atoms with Crippen LogP contribution < -0.4 is 9.47 Å². The van der Waals surface area contributed by atoms with E-state index in [9.17, 15) is 9.59 Å². The zero-order chi connectivity index (χ0) is 21.2. The third-order valence-corrected chi connectivity index (χ3v) is 7.04. The van der Waals surface area contributed by atoms with Gasteiger partial charge >= 0.3 is 0 Å². The fraction of sp³-hybridized carbons (Fsp3) is 0.652. The average molecular weight is 430 g/mol. The van der Waals surface area contributed by atoms with Crippen LogP contribution in [0.3, 0.4) is 0 Å². The highest BCUT2D eigenvalue weighted by molar-refractivity contribution is 5.95. The molecule has 31 heavy (non-hydrogen) atoms. The molecular weight excluding hydrogens is 398 g/mol. The number of rotatable bonds is 4. The molecule has 0 bridgehead atoms. The Morgan fingerprint density at radius 2 is 1.58 bits per heavy atom. The molecule has 0 spiro atoms. The van der Waals surface area contributed by atoms with Gasteiger partial charge in [-0.1, -0.05) is 12.8 Å². The summed E-state index contributed by atoms with van der Waals surface area (Å²) in [5.41, 5.74) is 0.620. The van der Waals surface area contributed by atoms with Crippen molar-refractivity contribution in [1.82, 2.24) is 14.7 Å². The molecule has 1 saturated carbocycles. The Bertz CT molecular complexity index is 811. The van der Waals surface area contributed by atoms with Crippen LogP contribution in [0, 0.1) is 5.92 Å². The van der Waals surface area contributed by atoms with Crippen molar-refractivity contribution in [2.45, 2.75) is 31.7 Å². The molecule has 2 saturated heterocycles. The fourth-order valence-corrected chi connectivity index (χ4v) is 5.32. The van der Waals surface area contributed by atoms with Crippen molar-refractivity contribution < 1.29 is 23.8 Å². The average Bonchev–Trinajstić information content (AvgIpc) is 3.51. The monoisotopic (exact) mass is 429 g/mol. The van der Waals surface area contributed by atoms with E-state index in [0.717, 1.165) is 25.9 Å². The van der Waals surface area contributed by atoms with Gasteiger partial charge in [-0.05, 0) is 37.0 Å². The molecular formula is C23H31N3O5. The van der Waals surface area contributed by atoms with Crippen molar-refractivity contribution in [2.75, 3.05) is 59.3 Å². The third-order valence-electron chi connectivity index (χ3n) is 7.04. The Morgan fingerprint density at radius 1 is 0.871 bits per heavy atom. The normalized spacial score (nSPS) is 23.2. The Labute approximate surface area is 183 Å². The van der Waals surface area contributed by atoms with E-state index in [-0.39, 0.29) is 24.6 Å². The molecule has 0 N–H and O–H groups in total. The Morgan fingerprint density at radius 3 is 2.32 bits per heavy atom. The van der Waals surface area contributed by atoms with Crippen molar-refractivity contribution >= 4 is 11.8 Å². The number of ether oxygens (including phenoxy) is 3. The second-order valence-electron chi connectivity index (χ2n) is 8.82. The highest BCUT2D eigenvalue weighted by Gasteiger charge is 2.39. The molecule has 1 aromatic carbocycles. The van der Waals surface area contributed by atoms with Crippen LogP contribution >= 0.6 is 0 Å². The van der Waals surface area contributed by atoms with E-state index in [2.05, 4.69) is 4.90 Å². The van der Waals surface area contributed by atoms with Crippen LogP contribution in [-0.2, 0) is 9.53 Å². The van der Waals surface area contributed by atoms with Crippen LogP contribution in [0.25, 0.3) is 0 Å². The minimum Gasteiger partial charge on any atom is -0.454 e. The molecule has 8 heteroatoms. The van der Waals surface area contributed by atoms with Crippen molar-refractivity contribution in [3.05, 3.63) is 23.8 Å². The molecule has 2 amide bonds. The van der Waals surface area contributed by atoms with Gasteiger partial charge in [0.05, 0.1) is 19.3 Å². The van der Waals surface area contributed by atoms with Gasteiger partial charge in [0.25, 0.3) is 5.91 Å². The van der Waals surface area contributed by atoms with Crippen molar-refractivity contribution in [2.24, 2.45) is 5.92 Å². The lowest BCUT2D eigenvalue weighted by atomic mass is 9.94. The lowest BCUT2D eigenvalue weighted by molar-refractivity contribution is -0.144. The number of carbonyl (C=O) groups is 2. The molecule has 1 aromatic rings. The summed E-state index contributed by atoms with van der Waals surface area (Å²) in [5.74, 6) is 2.00. The summed E-state index contributed by atoms with van der Waals surface area (Å²) in [7, 11) is 0. The summed E-state index contributed by atoms with van der Waals surface area (Å²) in [6.07, 6.45) is 4.66. The van der Waals surface area contributed by atoms with E-state index >= 15 is 0 Å². The first kappa shape index (κ1) is 20.6. The SMILES string of the molecule is O=C(c1ccc2c(c1)OCO2)N1CCN(C(C(=O)N2CCOCC2)C2CCCC2)CC1. The smallest absolute Gasteiger partial charge is 0.254 e. The van der Waals surface area contributed by atoms with E-state index in [4.69, 9.17) is 14.2 Å². The van der Waals surface area contributed by atoms with Gasteiger partial charge in [0, 0.05) is 44.8 Å². The van der Waals surface area contributed by atoms with Gasteiger partial charge in [-0.25, -0.2) is 0 Å². The fourth-order valence-electron chi connectivity index (χ4n) is 5.32. The number of morpholine rings is 1. The molecule has 0 radical (unpaired) electrons. The summed E-state index contributed by atoms with van der Waals surface area (Å²) in [6.45, 7) is 5.54. The number of amides is 2. The van der Waals surface area contributed by atoms with Gasteiger partial charge < -0.3 is 24.0 Å². The van der Waals surface area contributed by atoms with E-state index < -0.39 is 0 Å². The minimum absolute atomic E-state index is 0.00914. The van der Waals surface area contributed by atoms with Crippen LogP contribution in [0.1, 0.15) is 36.0 Å². The van der Waals surface area contributed by atoms with E-state index in [1.807, 2.05) is 9.80 Å². The van der Waals surface area contributed by atoms with Crippen molar-refractivity contribution in [3.8, 4) is 11.5 Å². The predicted octanol–water partition coefficient (Wildman–Crippen LogP) is 1.59. The van der Waals surface area contributed by atoms with Crippen molar-refractivity contribution in [1.29, 1.82) is 0 Å². The number of nitrogens with zero attached hydrogens (tertiary/aromatic N) is 3. The van der Waals surface area contributed by atoms with Gasteiger partial charge in [0.2, 0.25) is 12.7 Å². The topological polar surface area (TPSA) is 71.6 Å². The molecule has 1 atom stereocenters. The molecule has 4 aliphatic rings. The first-order valence-corrected chi connectivity index (χ1v) is 11.5.